The highest BCUT2D eigenvalue weighted by Gasteiger charge is 2.37. The van der Waals surface area contributed by atoms with Gasteiger partial charge >= 0.3 is 5.97 Å². The van der Waals surface area contributed by atoms with Crippen LogP contribution in [0.5, 0.6) is 0 Å². The topological polar surface area (TPSA) is 63.7 Å². The Morgan fingerprint density at radius 3 is 2.35 bits per heavy atom. The molecule has 2 amide bonds. The number of hydrogen-bond acceptors (Lipinski definition) is 4. The van der Waals surface area contributed by atoms with Crippen molar-refractivity contribution in [3.05, 3.63) is 64.7 Å². The zero-order chi connectivity index (χ0) is 18.8. The number of benzene rings is 2. The third-order valence-corrected chi connectivity index (χ3v) is 4.78. The van der Waals surface area contributed by atoms with Gasteiger partial charge in [0.05, 0.1) is 34.1 Å². The SMILES string of the molecule is Cc1ccccc1N1C(=O)c2ccc(C(=O)OC(CCl)CCl)cc2C1=O. The van der Waals surface area contributed by atoms with Crippen LogP contribution in [0.3, 0.4) is 0 Å². The normalized spacial score (nSPS) is 13.3. The standard InChI is InChI=1S/C19H15Cl2NO4/c1-11-4-2-3-5-16(11)22-17(23)14-7-6-12(8-15(14)18(22)24)19(25)26-13(9-20)10-21/h2-8,13H,9-10H2,1H3. The Balaban J connectivity index is 1.93. The number of ether oxygens (including phenoxy) is 1. The average Bonchev–Trinajstić information content (AvgIpc) is 2.90. The van der Waals surface area contributed by atoms with Crippen molar-refractivity contribution in [1.29, 1.82) is 0 Å². The maximum atomic E-state index is 12.8. The van der Waals surface area contributed by atoms with E-state index >= 15 is 0 Å². The second-order valence-electron chi connectivity index (χ2n) is 5.83. The molecule has 0 unspecified atom stereocenters. The lowest BCUT2D eigenvalue weighted by Gasteiger charge is -2.16. The van der Waals surface area contributed by atoms with E-state index in [0.717, 1.165) is 10.5 Å². The van der Waals surface area contributed by atoms with Gasteiger partial charge in [0.1, 0.15) is 6.10 Å². The number of nitrogens with zero attached hydrogens (tertiary/aromatic N) is 1. The van der Waals surface area contributed by atoms with Gasteiger partial charge in [0.25, 0.3) is 11.8 Å². The van der Waals surface area contributed by atoms with E-state index in [1.54, 1.807) is 12.1 Å². The van der Waals surface area contributed by atoms with Crippen molar-refractivity contribution in [2.75, 3.05) is 16.7 Å². The molecule has 0 radical (unpaired) electrons. The monoisotopic (exact) mass is 391 g/mol. The summed E-state index contributed by atoms with van der Waals surface area (Å²) in [4.78, 5) is 38.8. The number of anilines is 1. The molecule has 0 bridgehead atoms. The zero-order valence-electron chi connectivity index (χ0n) is 13.9. The van der Waals surface area contributed by atoms with Crippen molar-refractivity contribution in [2.45, 2.75) is 13.0 Å². The molecular formula is C19H15Cl2NO4. The van der Waals surface area contributed by atoms with E-state index in [9.17, 15) is 14.4 Å². The Kier molecular flexibility index (Phi) is 5.30. The number of imide groups is 1. The lowest BCUT2D eigenvalue weighted by atomic mass is 10.1. The van der Waals surface area contributed by atoms with E-state index in [-0.39, 0.29) is 28.5 Å². The molecule has 134 valence electrons. The number of rotatable bonds is 5. The maximum Gasteiger partial charge on any atom is 0.338 e. The second-order valence-corrected chi connectivity index (χ2v) is 6.45. The maximum absolute atomic E-state index is 12.8. The number of alkyl halides is 2. The predicted molar refractivity (Wildman–Crippen MR) is 99.4 cm³/mol. The first-order chi connectivity index (χ1) is 12.5. The molecule has 0 saturated carbocycles. The Morgan fingerprint density at radius 1 is 1.04 bits per heavy atom. The number of esters is 1. The fraction of sp³-hybridized carbons (Fsp3) is 0.211. The van der Waals surface area contributed by atoms with Crippen molar-refractivity contribution >= 4 is 46.7 Å². The van der Waals surface area contributed by atoms with E-state index < -0.39 is 23.9 Å². The van der Waals surface area contributed by atoms with Gasteiger partial charge in [-0.3, -0.25) is 9.59 Å². The lowest BCUT2D eigenvalue weighted by molar-refractivity contribution is 0.0389. The number of aryl methyl sites for hydroxylation is 1. The van der Waals surface area contributed by atoms with Crippen molar-refractivity contribution in [2.24, 2.45) is 0 Å². The lowest BCUT2D eigenvalue weighted by Crippen LogP contribution is -2.29. The molecule has 0 aliphatic carbocycles. The van der Waals surface area contributed by atoms with Gasteiger partial charge in [-0.15, -0.1) is 23.2 Å². The summed E-state index contributed by atoms with van der Waals surface area (Å²) >= 11 is 11.3. The number of halogens is 2. The van der Waals surface area contributed by atoms with E-state index in [4.69, 9.17) is 27.9 Å². The Hall–Kier alpha value is -2.37. The van der Waals surface area contributed by atoms with E-state index in [2.05, 4.69) is 0 Å². The van der Waals surface area contributed by atoms with Crippen LogP contribution in [0.2, 0.25) is 0 Å². The van der Waals surface area contributed by atoms with E-state index in [1.807, 2.05) is 19.1 Å². The number of fused-ring (bicyclic) bond motifs is 1. The summed E-state index contributed by atoms with van der Waals surface area (Å²) in [6.07, 6.45) is -0.625. The zero-order valence-corrected chi connectivity index (χ0v) is 15.4. The molecule has 2 aromatic carbocycles. The molecule has 0 fully saturated rings. The summed E-state index contributed by atoms with van der Waals surface area (Å²) in [5.74, 6) is -1.40. The van der Waals surface area contributed by atoms with Crippen molar-refractivity contribution in [1.82, 2.24) is 0 Å². The van der Waals surface area contributed by atoms with Crippen LogP contribution in [0, 0.1) is 6.92 Å². The molecule has 0 aromatic heterocycles. The number of hydrogen-bond donors (Lipinski definition) is 0. The van der Waals surface area contributed by atoms with Crippen molar-refractivity contribution in [3.8, 4) is 0 Å². The molecule has 26 heavy (non-hydrogen) atoms. The number of amides is 2. The molecular weight excluding hydrogens is 377 g/mol. The highest BCUT2D eigenvalue weighted by atomic mass is 35.5. The van der Waals surface area contributed by atoms with Crippen LogP contribution < -0.4 is 4.90 Å². The average molecular weight is 392 g/mol. The van der Waals surface area contributed by atoms with Gasteiger partial charge in [-0.05, 0) is 36.8 Å². The molecule has 0 saturated heterocycles. The first-order valence-electron chi connectivity index (χ1n) is 7.89. The van der Waals surface area contributed by atoms with Crippen molar-refractivity contribution in [3.63, 3.8) is 0 Å². The predicted octanol–water partition coefficient (Wildman–Crippen LogP) is 3.80. The fourth-order valence-electron chi connectivity index (χ4n) is 2.72. The fourth-order valence-corrected chi connectivity index (χ4v) is 3.18. The van der Waals surface area contributed by atoms with Gasteiger partial charge in [0, 0.05) is 0 Å². The van der Waals surface area contributed by atoms with Gasteiger partial charge in [0.2, 0.25) is 0 Å². The molecule has 0 spiro atoms. The molecule has 0 N–H and O–H groups in total. The summed E-state index contributed by atoms with van der Waals surface area (Å²) in [6.45, 7) is 1.82. The molecule has 1 aliphatic heterocycles. The summed E-state index contributed by atoms with van der Waals surface area (Å²) in [7, 11) is 0. The third kappa shape index (κ3) is 3.20. The minimum atomic E-state index is -0.645. The summed E-state index contributed by atoms with van der Waals surface area (Å²) in [6, 6.07) is 11.4. The molecule has 1 heterocycles. The van der Waals surface area contributed by atoms with Crippen LogP contribution in [0.25, 0.3) is 0 Å². The van der Waals surface area contributed by atoms with Crippen LogP contribution in [-0.2, 0) is 4.74 Å². The van der Waals surface area contributed by atoms with Crippen LogP contribution >= 0.6 is 23.2 Å². The van der Waals surface area contributed by atoms with Gasteiger partial charge in [-0.2, -0.15) is 0 Å². The van der Waals surface area contributed by atoms with Crippen LogP contribution in [-0.4, -0.2) is 35.6 Å². The molecule has 7 heteroatoms. The Bertz CT molecular complexity index is 893. The van der Waals surface area contributed by atoms with Gasteiger partial charge in [-0.1, -0.05) is 18.2 Å². The number of carbonyl (C=O) groups is 3. The molecule has 1 aliphatic rings. The smallest absolute Gasteiger partial charge is 0.338 e. The Labute approximate surface area is 160 Å². The van der Waals surface area contributed by atoms with Crippen LogP contribution in [0.1, 0.15) is 36.6 Å². The molecule has 2 aromatic rings. The Morgan fingerprint density at radius 2 is 1.69 bits per heavy atom. The van der Waals surface area contributed by atoms with E-state index in [1.165, 1.54) is 18.2 Å². The highest BCUT2D eigenvalue weighted by molar-refractivity contribution is 6.35. The van der Waals surface area contributed by atoms with E-state index in [0.29, 0.717) is 5.69 Å². The quantitative estimate of drug-likeness (QED) is 0.441. The van der Waals surface area contributed by atoms with Gasteiger partial charge in [0.15, 0.2) is 0 Å². The minimum Gasteiger partial charge on any atom is -0.456 e. The molecule has 5 nitrogen and oxygen atoms in total. The summed E-state index contributed by atoms with van der Waals surface area (Å²) in [5, 5.41) is 0. The second kappa shape index (κ2) is 7.48. The third-order valence-electron chi connectivity index (χ3n) is 4.10. The largest absolute Gasteiger partial charge is 0.456 e. The minimum absolute atomic E-state index is 0.0681. The van der Waals surface area contributed by atoms with Gasteiger partial charge in [-0.25, -0.2) is 9.69 Å². The van der Waals surface area contributed by atoms with Gasteiger partial charge < -0.3 is 4.74 Å². The summed E-state index contributed by atoms with van der Waals surface area (Å²) < 4.78 is 5.17. The van der Waals surface area contributed by atoms with Crippen LogP contribution in [0.15, 0.2) is 42.5 Å². The first kappa shape index (κ1) is 18.4. The first-order valence-corrected chi connectivity index (χ1v) is 8.96. The van der Waals surface area contributed by atoms with Crippen molar-refractivity contribution < 1.29 is 19.1 Å². The number of para-hydroxylation sites is 1. The highest BCUT2D eigenvalue weighted by Crippen LogP contribution is 2.31. The summed E-state index contributed by atoms with van der Waals surface area (Å²) in [5.41, 5.74) is 1.90. The number of carbonyl (C=O) groups excluding carboxylic acids is 3. The van der Waals surface area contributed by atoms with Crippen LogP contribution in [0.4, 0.5) is 5.69 Å². The molecule has 3 rings (SSSR count). The molecule has 0 atom stereocenters.